The van der Waals surface area contributed by atoms with Crippen molar-refractivity contribution in [2.75, 3.05) is 13.7 Å². The van der Waals surface area contributed by atoms with Gasteiger partial charge in [0.25, 0.3) is 11.8 Å². The summed E-state index contributed by atoms with van der Waals surface area (Å²) in [7, 11) is 1.56. The van der Waals surface area contributed by atoms with Crippen LogP contribution < -0.4 is 20.3 Å². The van der Waals surface area contributed by atoms with Crippen LogP contribution in [0.15, 0.2) is 54.6 Å². The van der Waals surface area contributed by atoms with Crippen LogP contribution in [-0.2, 0) is 9.59 Å². The van der Waals surface area contributed by atoms with Crippen molar-refractivity contribution >= 4 is 17.9 Å². The number of hydrogen-bond acceptors (Lipinski definition) is 4. The predicted molar refractivity (Wildman–Crippen MR) is 104 cm³/mol. The molecule has 0 unspecified atom stereocenters. The zero-order valence-electron chi connectivity index (χ0n) is 15.7. The van der Waals surface area contributed by atoms with Gasteiger partial charge >= 0.3 is 0 Å². The van der Waals surface area contributed by atoms with Crippen molar-refractivity contribution < 1.29 is 19.1 Å². The first-order valence-corrected chi connectivity index (χ1v) is 8.62. The highest BCUT2D eigenvalue weighted by Crippen LogP contribution is 2.19. The molecule has 0 radical (unpaired) electrons. The summed E-state index contributed by atoms with van der Waals surface area (Å²) in [6.45, 7) is 4.01. The first-order chi connectivity index (χ1) is 13.0. The molecule has 2 amide bonds. The van der Waals surface area contributed by atoms with Crippen LogP contribution in [0.4, 0.5) is 0 Å². The predicted octanol–water partition coefficient (Wildman–Crippen LogP) is 3.06. The van der Waals surface area contributed by atoms with Gasteiger partial charge in [0, 0.05) is 11.6 Å². The first-order valence-electron chi connectivity index (χ1n) is 8.62. The van der Waals surface area contributed by atoms with Crippen molar-refractivity contribution in [2.24, 2.45) is 0 Å². The molecular weight excluding hydrogens is 344 g/mol. The van der Waals surface area contributed by atoms with Crippen molar-refractivity contribution in [1.29, 1.82) is 0 Å². The molecule has 142 valence electrons. The normalized spacial score (nSPS) is 10.7. The summed E-state index contributed by atoms with van der Waals surface area (Å²) >= 11 is 0. The zero-order chi connectivity index (χ0) is 19.6. The minimum Gasteiger partial charge on any atom is -0.496 e. The fourth-order valence-electron chi connectivity index (χ4n) is 2.28. The van der Waals surface area contributed by atoms with Crippen LogP contribution in [-0.4, -0.2) is 25.5 Å². The number of para-hydroxylation sites is 1. The average Bonchev–Trinajstić information content (AvgIpc) is 2.69. The molecule has 6 nitrogen and oxygen atoms in total. The average molecular weight is 368 g/mol. The van der Waals surface area contributed by atoms with E-state index in [1.165, 1.54) is 11.6 Å². The van der Waals surface area contributed by atoms with Crippen molar-refractivity contribution in [3.63, 3.8) is 0 Å². The third-order valence-corrected chi connectivity index (χ3v) is 3.80. The van der Waals surface area contributed by atoms with E-state index in [1.807, 2.05) is 42.5 Å². The highest BCUT2D eigenvalue weighted by molar-refractivity contribution is 5.93. The molecule has 0 saturated carbocycles. The number of rotatable bonds is 7. The van der Waals surface area contributed by atoms with Crippen LogP contribution in [0.1, 0.15) is 30.9 Å². The van der Waals surface area contributed by atoms with E-state index in [0.717, 1.165) is 5.56 Å². The van der Waals surface area contributed by atoms with Crippen LogP contribution in [0.3, 0.4) is 0 Å². The maximum Gasteiger partial charge on any atom is 0.276 e. The SMILES string of the molecule is COc1ccccc1/C=C/C(=O)NNC(=O)COc1ccc(C(C)C)cc1. The van der Waals surface area contributed by atoms with Crippen LogP contribution >= 0.6 is 0 Å². The maximum absolute atomic E-state index is 11.8. The Hall–Kier alpha value is -3.28. The Balaban J connectivity index is 1.76. The van der Waals surface area contributed by atoms with E-state index in [-0.39, 0.29) is 6.61 Å². The summed E-state index contributed by atoms with van der Waals surface area (Å²) in [6, 6.07) is 14.8. The van der Waals surface area contributed by atoms with Gasteiger partial charge in [0.15, 0.2) is 6.61 Å². The summed E-state index contributed by atoms with van der Waals surface area (Å²) in [5, 5.41) is 0. The lowest BCUT2D eigenvalue weighted by Gasteiger charge is -2.09. The third kappa shape index (κ3) is 6.51. The van der Waals surface area contributed by atoms with E-state index in [9.17, 15) is 9.59 Å². The molecule has 0 fully saturated rings. The molecular formula is C21H24N2O4. The molecule has 27 heavy (non-hydrogen) atoms. The highest BCUT2D eigenvalue weighted by atomic mass is 16.5. The molecule has 0 aliphatic heterocycles. The number of hydrogen-bond donors (Lipinski definition) is 2. The van der Waals surface area contributed by atoms with Gasteiger partial charge in [-0.2, -0.15) is 0 Å². The molecule has 0 bridgehead atoms. The summed E-state index contributed by atoms with van der Waals surface area (Å²) in [6.07, 6.45) is 2.91. The number of methoxy groups -OCH3 is 1. The molecule has 0 aromatic heterocycles. The summed E-state index contributed by atoms with van der Waals surface area (Å²) < 4.78 is 10.6. The minimum atomic E-state index is -0.462. The number of hydrazine groups is 1. The van der Waals surface area contributed by atoms with Gasteiger partial charge in [0.1, 0.15) is 11.5 Å². The first kappa shape index (κ1) is 20.0. The molecule has 0 heterocycles. The Bertz CT molecular complexity index is 798. The Morgan fingerprint density at radius 3 is 2.41 bits per heavy atom. The van der Waals surface area contributed by atoms with E-state index in [1.54, 1.807) is 19.3 Å². The second-order valence-electron chi connectivity index (χ2n) is 6.13. The van der Waals surface area contributed by atoms with Gasteiger partial charge in [-0.05, 0) is 35.8 Å². The van der Waals surface area contributed by atoms with Gasteiger partial charge in [0.05, 0.1) is 7.11 Å². The topological polar surface area (TPSA) is 76.7 Å². The van der Waals surface area contributed by atoms with Gasteiger partial charge in [-0.1, -0.05) is 44.2 Å². The molecule has 6 heteroatoms. The molecule has 0 atom stereocenters. The van der Waals surface area contributed by atoms with Crippen molar-refractivity contribution in [1.82, 2.24) is 10.9 Å². The highest BCUT2D eigenvalue weighted by Gasteiger charge is 2.05. The van der Waals surface area contributed by atoms with Gasteiger partial charge in [-0.25, -0.2) is 0 Å². The maximum atomic E-state index is 11.8. The quantitative estimate of drug-likeness (QED) is 0.582. The molecule has 2 N–H and O–H groups in total. The number of carbonyl (C=O) groups excluding carboxylic acids is 2. The lowest BCUT2D eigenvalue weighted by atomic mass is 10.0. The Kier molecular flexibility index (Phi) is 7.43. The standard InChI is InChI=1S/C21H24N2O4/c1-15(2)16-8-11-18(12-9-16)27-14-21(25)23-22-20(24)13-10-17-6-4-5-7-19(17)26-3/h4-13,15H,14H2,1-3H3,(H,22,24)(H,23,25)/b13-10+. The van der Waals surface area contributed by atoms with Gasteiger partial charge < -0.3 is 9.47 Å². The molecule has 2 aromatic carbocycles. The van der Waals surface area contributed by atoms with E-state index < -0.39 is 11.8 Å². The van der Waals surface area contributed by atoms with E-state index >= 15 is 0 Å². The summed E-state index contributed by atoms with van der Waals surface area (Å²) in [5.74, 6) is 0.762. The molecule has 2 rings (SSSR count). The lowest BCUT2D eigenvalue weighted by Crippen LogP contribution is -2.43. The van der Waals surface area contributed by atoms with E-state index in [2.05, 4.69) is 24.7 Å². The molecule has 0 aliphatic rings. The summed E-state index contributed by atoms with van der Waals surface area (Å²) in [5.41, 5.74) is 6.56. The number of amides is 2. The number of ether oxygens (including phenoxy) is 2. The van der Waals surface area contributed by atoms with E-state index in [4.69, 9.17) is 9.47 Å². The summed E-state index contributed by atoms with van der Waals surface area (Å²) in [4.78, 5) is 23.6. The molecule has 0 spiro atoms. The van der Waals surface area contributed by atoms with Crippen molar-refractivity contribution in [3.05, 3.63) is 65.7 Å². The Morgan fingerprint density at radius 1 is 1.04 bits per heavy atom. The number of carbonyl (C=O) groups is 2. The van der Waals surface area contributed by atoms with Gasteiger partial charge in [-0.15, -0.1) is 0 Å². The molecule has 0 saturated heterocycles. The van der Waals surface area contributed by atoms with Crippen molar-refractivity contribution in [3.8, 4) is 11.5 Å². The molecule has 2 aromatic rings. The second-order valence-corrected chi connectivity index (χ2v) is 6.13. The fourth-order valence-corrected chi connectivity index (χ4v) is 2.28. The third-order valence-electron chi connectivity index (χ3n) is 3.80. The van der Waals surface area contributed by atoms with Gasteiger partial charge in [0.2, 0.25) is 0 Å². The Labute approximate surface area is 159 Å². The van der Waals surface area contributed by atoms with Crippen LogP contribution in [0.5, 0.6) is 11.5 Å². The van der Waals surface area contributed by atoms with E-state index in [0.29, 0.717) is 17.4 Å². The second kappa shape index (κ2) is 10.0. The van der Waals surface area contributed by atoms with Crippen molar-refractivity contribution in [2.45, 2.75) is 19.8 Å². The van der Waals surface area contributed by atoms with Crippen LogP contribution in [0.25, 0.3) is 6.08 Å². The van der Waals surface area contributed by atoms with Crippen LogP contribution in [0, 0.1) is 0 Å². The zero-order valence-corrected chi connectivity index (χ0v) is 15.7. The minimum absolute atomic E-state index is 0.197. The smallest absolute Gasteiger partial charge is 0.276 e. The number of nitrogens with one attached hydrogen (secondary N) is 2. The largest absolute Gasteiger partial charge is 0.496 e. The van der Waals surface area contributed by atoms with Gasteiger partial charge in [-0.3, -0.25) is 20.4 Å². The molecule has 0 aliphatic carbocycles. The number of benzene rings is 2. The Morgan fingerprint density at radius 2 is 1.74 bits per heavy atom. The van der Waals surface area contributed by atoms with Crippen LogP contribution in [0.2, 0.25) is 0 Å². The monoisotopic (exact) mass is 368 g/mol. The lowest BCUT2D eigenvalue weighted by molar-refractivity contribution is -0.128. The fraction of sp³-hybridized carbons (Fsp3) is 0.238.